The van der Waals surface area contributed by atoms with Gasteiger partial charge in [0.05, 0.1) is 12.1 Å². The van der Waals surface area contributed by atoms with Gasteiger partial charge in [0.15, 0.2) is 0 Å². The molecule has 0 unspecified atom stereocenters. The van der Waals surface area contributed by atoms with Crippen molar-refractivity contribution in [3.8, 4) is 0 Å². The van der Waals surface area contributed by atoms with Crippen LogP contribution in [0.5, 0.6) is 0 Å². The summed E-state index contributed by atoms with van der Waals surface area (Å²) >= 11 is 1.64. The van der Waals surface area contributed by atoms with Crippen LogP contribution in [0.4, 0.5) is 0 Å². The monoisotopic (exact) mass is 334 g/mol. The van der Waals surface area contributed by atoms with E-state index in [9.17, 15) is 4.79 Å². The first-order chi connectivity index (χ1) is 11.0. The second kappa shape index (κ2) is 6.80. The Morgan fingerprint density at radius 2 is 2.04 bits per heavy atom. The van der Waals surface area contributed by atoms with Crippen LogP contribution in [0, 0.1) is 20.8 Å². The van der Waals surface area contributed by atoms with E-state index in [0.29, 0.717) is 11.3 Å². The van der Waals surface area contributed by atoms with E-state index in [1.165, 1.54) is 0 Å². The number of carbonyl (C=O) groups is 1. The first kappa shape index (κ1) is 16.1. The van der Waals surface area contributed by atoms with E-state index in [4.69, 9.17) is 4.42 Å². The summed E-state index contributed by atoms with van der Waals surface area (Å²) < 4.78 is 5.49. The third kappa shape index (κ3) is 3.79. The van der Waals surface area contributed by atoms with Crippen molar-refractivity contribution >= 4 is 17.2 Å². The van der Waals surface area contributed by atoms with Gasteiger partial charge < -0.3 is 9.32 Å². The summed E-state index contributed by atoms with van der Waals surface area (Å²) in [6.45, 7) is 9.87. The number of nitrogens with zero attached hydrogens (tertiary/aromatic N) is 4. The van der Waals surface area contributed by atoms with Crippen LogP contribution < -0.4 is 0 Å². The normalized spacial score (nSPS) is 16.6. The van der Waals surface area contributed by atoms with Gasteiger partial charge in [0.1, 0.15) is 21.5 Å². The van der Waals surface area contributed by atoms with Gasteiger partial charge in [-0.15, -0.1) is 21.5 Å². The highest BCUT2D eigenvalue weighted by atomic mass is 32.1. The predicted molar refractivity (Wildman–Crippen MR) is 88.6 cm³/mol. The average molecular weight is 334 g/mol. The molecule has 1 fully saturated rings. The van der Waals surface area contributed by atoms with Crippen molar-refractivity contribution in [2.45, 2.75) is 33.7 Å². The summed E-state index contributed by atoms with van der Waals surface area (Å²) in [5.74, 6) is 1.57. The molecule has 0 N–H and O–H groups in total. The molecule has 7 heteroatoms. The lowest BCUT2D eigenvalue weighted by Crippen LogP contribution is -2.35. The molecule has 0 atom stereocenters. The molecule has 0 bridgehead atoms. The van der Waals surface area contributed by atoms with Crippen LogP contribution in [0.3, 0.4) is 0 Å². The number of amides is 1. The highest BCUT2D eigenvalue weighted by Gasteiger charge is 2.23. The summed E-state index contributed by atoms with van der Waals surface area (Å²) in [5, 5.41) is 10.3. The first-order valence-electron chi connectivity index (χ1n) is 7.90. The number of carbonyl (C=O) groups excluding carboxylic acids is 1. The molecule has 0 saturated carbocycles. The molecule has 0 aromatic carbocycles. The van der Waals surface area contributed by atoms with E-state index in [1.807, 2.05) is 31.7 Å². The molecule has 3 rings (SSSR count). The molecule has 0 radical (unpaired) electrons. The molecule has 0 aliphatic carbocycles. The zero-order chi connectivity index (χ0) is 16.4. The Labute approximate surface area is 140 Å². The van der Waals surface area contributed by atoms with E-state index in [1.54, 1.807) is 11.3 Å². The molecule has 23 heavy (non-hydrogen) atoms. The van der Waals surface area contributed by atoms with Gasteiger partial charge in [0, 0.05) is 26.2 Å². The van der Waals surface area contributed by atoms with Gasteiger partial charge in [-0.25, -0.2) is 0 Å². The van der Waals surface area contributed by atoms with Crippen molar-refractivity contribution in [1.29, 1.82) is 0 Å². The minimum Gasteiger partial charge on any atom is -0.466 e. The van der Waals surface area contributed by atoms with Crippen molar-refractivity contribution in [1.82, 2.24) is 20.0 Å². The van der Waals surface area contributed by atoms with E-state index in [2.05, 4.69) is 15.1 Å². The SMILES string of the molecule is Cc1cc(C(=O)N2CCCN(Cc3nnc(C)s3)CC2)c(C)o1. The molecule has 1 saturated heterocycles. The van der Waals surface area contributed by atoms with Gasteiger partial charge in [-0.3, -0.25) is 9.69 Å². The molecular weight excluding hydrogens is 312 g/mol. The van der Waals surface area contributed by atoms with Crippen LogP contribution in [0.15, 0.2) is 10.5 Å². The number of furan rings is 1. The lowest BCUT2D eigenvalue weighted by Gasteiger charge is -2.21. The Morgan fingerprint density at radius 1 is 1.22 bits per heavy atom. The number of rotatable bonds is 3. The summed E-state index contributed by atoms with van der Waals surface area (Å²) in [6.07, 6.45) is 0.972. The van der Waals surface area contributed by atoms with Crippen molar-refractivity contribution in [3.63, 3.8) is 0 Å². The summed E-state index contributed by atoms with van der Waals surface area (Å²) in [4.78, 5) is 17.0. The standard InChI is InChI=1S/C16H22N4O2S/c1-11-9-14(12(2)22-11)16(21)20-6-4-5-19(7-8-20)10-15-18-17-13(3)23-15/h9H,4-8,10H2,1-3H3. The summed E-state index contributed by atoms with van der Waals surface area (Å²) in [7, 11) is 0. The van der Waals surface area contributed by atoms with Crippen LogP contribution >= 0.6 is 11.3 Å². The maximum Gasteiger partial charge on any atom is 0.257 e. The fraction of sp³-hybridized carbons (Fsp3) is 0.562. The van der Waals surface area contributed by atoms with Gasteiger partial charge in [-0.1, -0.05) is 0 Å². The van der Waals surface area contributed by atoms with Gasteiger partial charge in [-0.05, 0) is 33.3 Å². The lowest BCUT2D eigenvalue weighted by atomic mass is 10.2. The zero-order valence-corrected chi connectivity index (χ0v) is 14.7. The molecule has 6 nitrogen and oxygen atoms in total. The molecule has 2 aromatic heterocycles. The molecule has 0 spiro atoms. The van der Waals surface area contributed by atoms with Crippen LogP contribution in [-0.4, -0.2) is 52.1 Å². The van der Waals surface area contributed by atoms with E-state index < -0.39 is 0 Å². The predicted octanol–water partition coefficient (Wildman–Crippen LogP) is 2.40. The zero-order valence-electron chi connectivity index (χ0n) is 13.8. The van der Waals surface area contributed by atoms with Gasteiger partial charge >= 0.3 is 0 Å². The van der Waals surface area contributed by atoms with Crippen LogP contribution in [0.1, 0.15) is 38.3 Å². The van der Waals surface area contributed by atoms with Crippen LogP contribution in [0.2, 0.25) is 0 Å². The third-order valence-electron chi connectivity index (χ3n) is 4.07. The molecule has 2 aromatic rings. The Hall–Kier alpha value is -1.73. The van der Waals surface area contributed by atoms with E-state index in [0.717, 1.165) is 54.9 Å². The quantitative estimate of drug-likeness (QED) is 0.862. The number of hydrogen-bond acceptors (Lipinski definition) is 6. The van der Waals surface area contributed by atoms with Crippen LogP contribution in [-0.2, 0) is 6.54 Å². The smallest absolute Gasteiger partial charge is 0.257 e. The minimum absolute atomic E-state index is 0.0768. The second-order valence-corrected chi connectivity index (χ2v) is 7.23. The van der Waals surface area contributed by atoms with Crippen molar-refractivity contribution in [2.24, 2.45) is 0 Å². The van der Waals surface area contributed by atoms with Gasteiger partial charge in [0.2, 0.25) is 0 Å². The Bertz CT molecular complexity index is 694. The highest BCUT2D eigenvalue weighted by molar-refractivity contribution is 7.11. The summed E-state index contributed by atoms with van der Waals surface area (Å²) in [6, 6.07) is 1.84. The molecule has 1 aliphatic rings. The van der Waals surface area contributed by atoms with Gasteiger partial charge in [-0.2, -0.15) is 0 Å². The lowest BCUT2D eigenvalue weighted by molar-refractivity contribution is 0.0759. The Balaban J connectivity index is 1.62. The molecule has 3 heterocycles. The molecule has 124 valence electrons. The van der Waals surface area contributed by atoms with Crippen molar-refractivity contribution < 1.29 is 9.21 Å². The topological polar surface area (TPSA) is 62.5 Å². The fourth-order valence-corrected chi connectivity index (χ4v) is 3.69. The highest BCUT2D eigenvalue weighted by Crippen LogP contribution is 2.18. The Kier molecular flexibility index (Phi) is 4.77. The fourth-order valence-electron chi connectivity index (χ4n) is 2.94. The molecule has 1 amide bonds. The van der Waals surface area contributed by atoms with E-state index in [-0.39, 0.29) is 5.91 Å². The molecule has 1 aliphatic heterocycles. The number of aryl methyl sites for hydroxylation is 3. The average Bonchev–Trinajstić information content (AvgIpc) is 2.96. The largest absolute Gasteiger partial charge is 0.466 e. The van der Waals surface area contributed by atoms with Crippen molar-refractivity contribution in [3.05, 3.63) is 33.2 Å². The number of hydrogen-bond donors (Lipinski definition) is 0. The second-order valence-electron chi connectivity index (χ2n) is 5.96. The van der Waals surface area contributed by atoms with Crippen molar-refractivity contribution in [2.75, 3.05) is 26.2 Å². The van der Waals surface area contributed by atoms with E-state index >= 15 is 0 Å². The maximum absolute atomic E-state index is 12.7. The first-order valence-corrected chi connectivity index (χ1v) is 8.72. The maximum atomic E-state index is 12.7. The number of aromatic nitrogens is 2. The molecular formula is C16H22N4O2S. The van der Waals surface area contributed by atoms with Gasteiger partial charge in [0.25, 0.3) is 5.91 Å². The van der Waals surface area contributed by atoms with Crippen LogP contribution in [0.25, 0.3) is 0 Å². The summed E-state index contributed by atoms with van der Waals surface area (Å²) in [5.41, 5.74) is 0.690. The minimum atomic E-state index is 0.0768. The third-order valence-corrected chi connectivity index (χ3v) is 4.90. The Morgan fingerprint density at radius 3 is 2.70 bits per heavy atom.